The molecule has 0 aliphatic heterocycles. The highest BCUT2D eigenvalue weighted by molar-refractivity contribution is 9.10. The van der Waals surface area contributed by atoms with Gasteiger partial charge in [-0.15, -0.1) is 0 Å². The van der Waals surface area contributed by atoms with E-state index in [1.165, 1.54) is 22.2 Å². The van der Waals surface area contributed by atoms with Crippen LogP contribution in [-0.2, 0) is 6.42 Å². The molecule has 1 aromatic carbocycles. The Hall–Kier alpha value is -1.09. The largest absolute Gasteiger partial charge is 0.387 e. The molecule has 2 aromatic rings. The van der Waals surface area contributed by atoms with Crippen molar-refractivity contribution in [3.8, 4) is 0 Å². The number of hydrogen-bond acceptors (Lipinski definition) is 2. The smallest absolute Gasteiger partial charge is 0.0870 e. The van der Waals surface area contributed by atoms with Crippen molar-refractivity contribution in [1.29, 1.82) is 0 Å². The standard InChI is InChI=1S/C14H17BrN2/c1-5-11-9(3)13(16-4)12-8(2)6-7-10(15)14(12)17-11/h6-7H,5H2,1-4H3,(H,16,17). The number of halogens is 1. The van der Waals surface area contributed by atoms with Crippen LogP contribution in [0.25, 0.3) is 10.9 Å². The molecule has 90 valence electrons. The number of aromatic nitrogens is 1. The van der Waals surface area contributed by atoms with Gasteiger partial charge in [-0.05, 0) is 53.4 Å². The third kappa shape index (κ3) is 1.93. The zero-order valence-corrected chi connectivity index (χ0v) is 12.3. The van der Waals surface area contributed by atoms with Gasteiger partial charge in [0.1, 0.15) is 0 Å². The van der Waals surface area contributed by atoms with Crippen molar-refractivity contribution in [2.24, 2.45) is 0 Å². The van der Waals surface area contributed by atoms with Crippen LogP contribution in [0.3, 0.4) is 0 Å². The monoisotopic (exact) mass is 292 g/mol. The Balaban J connectivity index is 2.97. The normalized spacial score (nSPS) is 10.9. The van der Waals surface area contributed by atoms with Crippen LogP contribution in [0.2, 0.25) is 0 Å². The number of nitrogens with zero attached hydrogens (tertiary/aromatic N) is 1. The summed E-state index contributed by atoms with van der Waals surface area (Å²) in [4.78, 5) is 4.78. The van der Waals surface area contributed by atoms with Crippen LogP contribution in [0, 0.1) is 13.8 Å². The van der Waals surface area contributed by atoms with Crippen LogP contribution in [0.4, 0.5) is 5.69 Å². The molecule has 0 bridgehead atoms. The van der Waals surface area contributed by atoms with Crippen molar-refractivity contribution < 1.29 is 0 Å². The van der Waals surface area contributed by atoms with E-state index in [2.05, 4.69) is 54.2 Å². The Morgan fingerprint density at radius 2 is 2.00 bits per heavy atom. The van der Waals surface area contributed by atoms with Gasteiger partial charge < -0.3 is 5.32 Å². The lowest BCUT2D eigenvalue weighted by atomic mass is 10.0. The molecule has 0 atom stereocenters. The Kier molecular flexibility index (Phi) is 3.38. The first-order valence-corrected chi connectivity index (χ1v) is 6.65. The summed E-state index contributed by atoms with van der Waals surface area (Å²) in [5.41, 5.74) is 5.92. The Morgan fingerprint density at radius 1 is 1.29 bits per heavy atom. The van der Waals surface area contributed by atoms with Gasteiger partial charge in [-0.3, -0.25) is 4.98 Å². The van der Waals surface area contributed by atoms with Crippen molar-refractivity contribution in [3.05, 3.63) is 33.4 Å². The molecular weight excluding hydrogens is 276 g/mol. The van der Waals surface area contributed by atoms with Crippen molar-refractivity contribution in [2.45, 2.75) is 27.2 Å². The second-order valence-corrected chi connectivity index (χ2v) is 5.10. The van der Waals surface area contributed by atoms with E-state index < -0.39 is 0 Å². The third-order valence-corrected chi connectivity index (χ3v) is 3.87. The predicted octanol–water partition coefficient (Wildman–Crippen LogP) is 4.22. The topological polar surface area (TPSA) is 24.9 Å². The van der Waals surface area contributed by atoms with E-state index in [0.717, 1.165) is 22.1 Å². The van der Waals surface area contributed by atoms with Crippen LogP contribution < -0.4 is 5.32 Å². The molecule has 0 saturated heterocycles. The van der Waals surface area contributed by atoms with Crippen LogP contribution >= 0.6 is 15.9 Å². The maximum absolute atomic E-state index is 4.78. The van der Waals surface area contributed by atoms with Crippen molar-refractivity contribution in [3.63, 3.8) is 0 Å². The lowest BCUT2D eigenvalue weighted by Gasteiger charge is -2.15. The molecule has 0 fully saturated rings. The molecule has 17 heavy (non-hydrogen) atoms. The molecule has 1 N–H and O–H groups in total. The first-order valence-electron chi connectivity index (χ1n) is 5.86. The third-order valence-electron chi connectivity index (χ3n) is 3.23. The Labute approximate surface area is 111 Å². The summed E-state index contributed by atoms with van der Waals surface area (Å²) >= 11 is 3.59. The summed E-state index contributed by atoms with van der Waals surface area (Å²) < 4.78 is 1.06. The number of anilines is 1. The summed E-state index contributed by atoms with van der Waals surface area (Å²) in [6.07, 6.45) is 0.955. The quantitative estimate of drug-likeness (QED) is 0.896. The summed E-state index contributed by atoms with van der Waals surface area (Å²) in [6, 6.07) is 4.19. The lowest BCUT2D eigenvalue weighted by Crippen LogP contribution is -2.02. The number of aryl methyl sites for hydroxylation is 2. The number of nitrogens with one attached hydrogen (secondary N) is 1. The molecule has 0 radical (unpaired) electrons. The molecule has 1 aromatic heterocycles. The zero-order valence-electron chi connectivity index (χ0n) is 10.7. The van der Waals surface area contributed by atoms with Gasteiger partial charge >= 0.3 is 0 Å². The summed E-state index contributed by atoms with van der Waals surface area (Å²) in [5, 5.41) is 4.54. The Bertz CT molecular complexity index is 576. The van der Waals surface area contributed by atoms with Crippen LogP contribution in [0.5, 0.6) is 0 Å². The zero-order chi connectivity index (χ0) is 12.6. The van der Waals surface area contributed by atoms with Gasteiger partial charge in [-0.25, -0.2) is 0 Å². The molecule has 3 heteroatoms. The first-order chi connectivity index (χ1) is 8.10. The minimum absolute atomic E-state index is 0.955. The highest BCUT2D eigenvalue weighted by atomic mass is 79.9. The predicted molar refractivity (Wildman–Crippen MR) is 77.8 cm³/mol. The molecule has 0 aliphatic rings. The molecule has 0 aliphatic carbocycles. The highest BCUT2D eigenvalue weighted by Crippen LogP contribution is 2.34. The van der Waals surface area contributed by atoms with Crippen molar-refractivity contribution in [1.82, 2.24) is 4.98 Å². The molecule has 2 nitrogen and oxygen atoms in total. The van der Waals surface area contributed by atoms with Crippen molar-refractivity contribution >= 4 is 32.5 Å². The van der Waals surface area contributed by atoms with Gasteiger partial charge in [0.2, 0.25) is 0 Å². The molecule has 0 spiro atoms. The van der Waals surface area contributed by atoms with Crippen LogP contribution in [-0.4, -0.2) is 12.0 Å². The SMILES string of the molecule is CCc1nc2c(Br)ccc(C)c2c(NC)c1C. The van der Waals surface area contributed by atoms with Crippen molar-refractivity contribution in [2.75, 3.05) is 12.4 Å². The van der Waals surface area contributed by atoms with E-state index in [4.69, 9.17) is 4.98 Å². The van der Waals surface area contributed by atoms with E-state index in [9.17, 15) is 0 Å². The molecule has 0 unspecified atom stereocenters. The van der Waals surface area contributed by atoms with Gasteiger partial charge in [0.25, 0.3) is 0 Å². The fourth-order valence-corrected chi connectivity index (χ4v) is 2.72. The van der Waals surface area contributed by atoms with E-state index in [1.54, 1.807) is 0 Å². The average molecular weight is 293 g/mol. The Morgan fingerprint density at radius 3 is 2.59 bits per heavy atom. The number of benzene rings is 1. The summed E-state index contributed by atoms with van der Waals surface area (Å²) in [5.74, 6) is 0. The highest BCUT2D eigenvalue weighted by Gasteiger charge is 2.13. The minimum Gasteiger partial charge on any atom is -0.387 e. The van der Waals surface area contributed by atoms with E-state index in [0.29, 0.717) is 0 Å². The summed E-state index contributed by atoms with van der Waals surface area (Å²) in [6.45, 7) is 6.41. The fourth-order valence-electron chi connectivity index (χ4n) is 2.30. The maximum Gasteiger partial charge on any atom is 0.0870 e. The van der Waals surface area contributed by atoms with E-state index in [-0.39, 0.29) is 0 Å². The van der Waals surface area contributed by atoms with Gasteiger partial charge in [0.15, 0.2) is 0 Å². The second kappa shape index (κ2) is 4.65. The number of hydrogen-bond donors (Lipinski definition) is 1. The molecule has 0 amide bonds. The molecule has 2 rings (SSSR count). The van der Waals surface area contributed by atoms with Gasteiger partial charge in [0.05, 0.1) is 5.52 Å². The molecule has 0 saturated carbocycles. The molecule has 1 heterocycles. The first kappa shape index (κ1) is 12.4. The average Bonchev–Trinajstić information content (AvgIpc) is 2.33. The number of rotatable bonds is 2. The maximum atomic E-state index is 4.78. The van der Waals surface area contributed by atoms with Gasteiger partial charge in [-0.2, -0.15) is 0 Å². The van der Waals surface area contributed by atoms with Crippen LogP contribution in [0.1, 0.15) is 23.7 Å². The fraction of sp³-hybridized carbons (Fsp3) is 0.357. The second-order valence-electron chi connectivity index (χ2n) is 4.25. The summed E-state index contributed by atoms with van der Waals surface area (Å²) in [7, 11) is 1.97. The number of pyridine rings is 1. The van der Waals surface area contributed by atoms with Gasteiger partial charge in [-0.1, -0.05) is 13.0 Å². The van der Waals surface area contributed by atoms with Gasteiger partial charge in [0, 0.05) is 28.3 Å². The minimum atomic E-state index is 0.955. The number of fused-ring (bicyclic) bond motifs is 1. The van der Waals surface area contributed by atoms with Crippen LogP contribution in [0.15, 0.2) is 16.6 Å². The lowest BCUT2D eigenvalue weighted by molar-refractivity contribution is 1.03. The van der Waals surface area contributed by atoms with E-state index >= 15 is 0 Å². The van der Waals surface area contributed by atoms with E-state index in [1.807, 2.05) is 7.05 Å². The molecular formula is C14H17BrN2.